The van der Waals surface area contributed by atoms with Gasteiger partial charge in [-0.3, -0.25) is 0 Å². The van der Waals surface area contributed by atoms with E-state index < -0.39 is 0 Å². The average Bonchev–Trinajstić information content (AvgIpc) is 2.06. The molecule has 0 saturated carbocycles. The summed E-state index contributed by atoms with van der Waals surface area (Å²) in [5, 5.41) is 3.28. The van der Waals surface area contributed by atoms with Crippen LogP contribution in [-0.4, -0.2) is 25.3 Å². The Morgan fingerprint density at radius 3 is 2.90 bits per heavy atom. The first-order chi connectivity index (χ1) is 4.83. The van der Waals surface area contributed by atoms with Crippen LogP contribution in [-0.2, 0) is 4.74 Å². The van der Waals surface area contributed by atoms with Crippen molar-refractivity contribution in [1.29, 1.82) is 0 Å². The fourth-order valence-electron chi connectivity index (χ4n) is 1.18. The van der Waals surface area contributed by atoms with Crippen molar-refractivity contribution in [3.05, 3.63) is 12.7 Å². The van der Waals surface area contributed by atoms with E-state index in [9.17, 15) is 0 Å². The zero-order chi connectivity index (χ0) is 7.45. The maximum absolute atomic E-state index is 5.58. The zero-order valence-electron chi connectivity index (χ0n) is 6.52. The fraction of sp³-hybridized carbons (Fsp3) is 0.750. The van der Waals surface area contributed by atoms with Crippen LogP contribution in [0.25, 0.3) is 0 Å². The summed E-state index contributed by atoms with van der Waals surface area (Å²) in [6.45, 7) is 8.57. The molecule has 1 saturated heterocycles. The summed E-state index contributed by atoms with van der Waals surface area (Å²) in [5.74, 6) is 0. The molecule has 0 radical (unpaired) electrons. The van der Waals surface area contributed by atoms with Crippen LogP contribution >= 0.6 is 0 Å². The lowest BCUT2D eigenvalue weighted by molar-refractivity contribution is -0.0324. The monoisotopic (exact) mass is 141 g/mol. The van der Waals surface area contributed by atoms with E-state index in [-0.39, 0.29) is 5.60 Å². The number of ether oxygens (including phenoxy) is 1. The molecule has 1 fully saturated rings. The van der Waals surface area contributed by atoms with E-state index >= 15 is 0 Å². The molecule has 1 rings (SSSR count). The first-order valence-corrected chi connectivity index (χ1v) is 3.81. The minimum atomic E-state index is -0.0851. The largest absolute Gasteiger partial charge is 0.368 e. The molecule has 0 aliphatic carbocycles. The van der Waals surface area contributed by atoms with Crippen molar-refractivity contribution in [3.63, 3.8) is 0 Å². The van der Waals surface area contributed by atoms with Crippen molar-refractivity contribution in [2.24, 2.45) is 0 Å². The molecule has 1 unspecified atom stereocenters. The summed E-state index contributed by atoms with van der Waals surface area (Å²) in [5.41, 5.74) is -0.0851. The second kappa shape index (κ2) is 3.17. The number of rotatable bonds is 2. The number of morpholine rings is 1. The Morgan fingerprint density at radius 2 is 2.60 bits per heavy atom. The van der Waals surface area contributed by atoms with E-state index in [0.717, 1.165) is 26.1 Å². The molecule has 0 aromatic heterocycles. The predicted molar refractivity (Wildman–Crippen MR) is 42.0 cm³/mol. The summed E-state index contributed by atoms with van der Waals surface area (Å²) in [7, 11) is 0. The topological polar surface area (TPSA) is 21.3 Å². The smallest absolute Gasteiger partial charge is 0.0981 e. The van der Waals surface area contributed by atoms with E-state index in [2.05, 4.69) is 18.8 Å². The van der Waals surface area contributed by atoms with Crippen LogP contribution in [0.1, 0.15) is 13.3 Å². The molecule has 58 valence electrons. The van der Waals surface area contributed by atoms with Gasteiger partial charge < -0.3 is 10.1 Å². The van der Waals surface area contributed by atoms with Crippen LogP contribution in [0.4, 0.5) is 0 Å². The molecule has 0 amide bonds. The lowest BCUT2D eigenvalue weighted by atomic mass is 10.00. The van der Waals surface area contributed by atoms with Gasteiger partial charge in [0.15, 0.2) is 0 Å². The quantitative estimate of drug-likeness (QED) is 0.578. The van der Waals surface area contributed by atoms with Gasteiger partial charge in [-0.1, -0.05) is 13.0 Å². The van der Waals surface area contributed by atoms with Crippen molar-refractivity contribution < 1.29 is 4.74 Å². The Balaban J connectivity index is 2.52. The molecule has 2 nitrogen and oxygen atoms in total. The van der Waals surface area contributed by atoms with E-state index in [1.165, 1.54) is 0 Å². The van der Waals surface area contributed by atoms with Gasteiger partial charge in [0, 0.05) is 13.1 Å². The van der Waals surface area contributed by atoms with Crippen LogP contribution in [0.5, 0.6) is 0 Å². The minimum Gasteiger partial charge on any atom is -0.368 e. The van der Waals surface area contributed by atoms with Crippen LogP contribution in [0.3, 0.4) is 0 Å². The van der Waals surface area contributed by atoms with Gasteiger partial charge >= 0.3 is 0 Å². The maximum atomic E-state index is 5.58. The van der Waals surface area contributed by atoms with Crippen molar-refractivity contribution >= 4 is 0 Å². The molecule has 0 aromatic rings. The third kappa shape index (κ3) is 1.39. The Kier molecular flexibility index (Phi) is 2.46. The minimum absolute atomic E-state index is 0.0851. The summed E-state index contributed by atoms with van der Waals surface area (Å²) < 4.78 is 5.58. The average molecular weight is 141 g/mol. The van der Waals surface area contributed by atoms with Crippen LogP contribution in [0, 0.1) is 0 Å². The van der Waals surface area contributed by atoms with Crippen LogP contribution in [0.15, 0.2) is 12.7 Å². The molecule has 0 aromatic carbocycles. The normalized spacial score (nSPS) is 33.7. The highest BCUT2D eigenvalue weighted by Gasteiger charge is 2.26. The van der Waals surface area contributed by atoms with Gasteiger partial charge in [0.05, 0.1) is 12.2 Å². The first-order valence-electron chi connectivity index (χ1n) is 3.81. The second-order valence-electron chi connectivity index (χ2n) is 2.65. The SMILES string of the molecule is C=CC1(CC)CNCCO1. The lowest BCUT2D eigenvalue weighted by Gasteiger charge is -2.34. The number of nitrogens with one attached hydrogen (secondary N) is 1. The van der Waals surface area contributed by atoms with Crippen LogP contribution < -0.4 is 5.32 Å². The Morgan fingerprint density at radius 1 is 1.80 bits per heavy atom. The predicted octanol–water partition coefficient (Wildman–Crippen LogP) is 0.941. The molecule has 0 bridgehead atoms. The van der Waals surface area contributed by atoms with E-state index in [0.29, 0.717) is 0 Å². The van der Waals surface area contributed by atoms with Gasteiger partial charge in [-0.2, -0.15) is 0 Å². The number of hydrogen-bond acceptors (Lipinski definition) is 2. The summed E-state index contributed by atoms with van der Waals surface area (Å²) in [4.78, 5) is 0. The molecule has 1 aliphatic rings. The molecular weight excluding hydrogens is 126 g/mol. The Bertz CT molecular complexity index is 116. The van der Waals surface area contributed by atoms with Gasteiger partial charge in [0.25, 0.3) is 0 Å². The third-order valence-electron chi connectivity index (χ3n) is 2.06. The van der Waals surface area contributed by atoms with Crippen molar-refractivity contribution in [3.8, 4) is 0 Å². The Hall–Kier alpha value is -0.340. The van der Waals surface area contributed by atoms with Crippen LogP contribution in [0.2, 0.25) is 0 Å². The standard InChI is InChI=1S/C8H15NO/c1-3-8(4-2)7-9-5-6-10-8/h3,9H,1,4-7H2,2H3. The highest BCUT2D eigenvalue weighted by atomic mass is 16.5. The number of hydrogen-bond donors (Lipinski definition) is 1. The maximum Gasteiger partial charge on any atom is 0.0981 e. The highest BCUT2D eigenvalue weighted by Crippen LogP contribution is 2.17. The lowest BCUT2D eigenvalue weighted by Crippen LogP contribution is -2.47. The van der Waals surface area contributed by atoms with E-state index in [1.807, 2.05) is 6.08 Å². The van der Waals surface area contributed by atoms with Crippen molar-refractivity contribution in [1.82, 2.24) is 5.32 Å². The molecule has 0 spiro atoms. The van der Waals surface area contributed by atoms with Gasteiger partial charge in [-0.25, -0.2) is 0 Å². The van der Waals surface area contributed by atoms with Gasteiger partial charge in [0.2, 0.25) is 0 Å². The molecule has 1 aliphatic heterocycles. The second-order valence-corrected chi connectivity index (χ2v) is 2.65. The summed E-state index contributed by atoms with van der Waals surface area (Å²) in [6.07, 6.45) is 2.91. The molecule has 1 atom stereocenters. The zero-order valence-corrected chi connectivity index (χ0v) is 6.52. The van der Waals surface area contributed by atoms with Crippen molar-refractivity contribution in [2.45, 2.75) is 18.9 Å². The van der Waals surface area contributed by atoms with E-state index in [1.54, 1.807) is 0 Å². The van der Waals surface area contributed by atoms with Gasteiger partial charge in [0.1, 0.15) is 0 Å². The molecule has 1 heterocycles. The van der Waals surface area contributed by atoms with E-state index in [4.69, 9.17) is 4.74 Å². The summed E-state index contributed by atoms with van der Waals surface area (Å²) >= 11 is 0. The molecule has 1 N–H and O–H groups in total. The molecule has 10 heavy (non-hydrogen) atoms. The fourth-order valence-corrected chi connectivity index (χ4v) is 1.18. The summed E-state index contributed by atoms with van der Waals surface area (Å²) in [6, 6.07) is 0. The third-order valence-corrected chi connectivity index (χ3v) is 2.06. The van der Waals surface area contributed by atoms with Gasteiger partial charge in [-0.05, 0) is 6.42 Å². The molecule has 2 heteroatoms. The first kappa shape index (κ1) is 7.76. The van der Waals surface area contributed by atoms with Crippen molar-refractivity contribution in [2.75, 3.05) is 19.7 Å². The highest BCUT2D eigenvalue weighted by molar-refractivity contribution is 4.99. The van der Waals surface area contributed by atoms with Gasteiger partial charge in [-0.15, -0.1) is 6.58 Å². The Labute approximate surface area is 62.3 Å². The molecular formula is C8H15NO.